The third-order valence-electron chi connectivity index (χ3n) is 3.05. The molecular formula is C12H18N4OS. The Kier molecular flexibility index (Phi) is 4.06. The lowest BCUT2D eigenvalue weighted by Crippen LogP contribution is -2.37. The number of anilines is 1. The van der Waals surface area contributed by atoms with Crippen molar-refractivity contribution in [2.24, 2.45) is 0 Å². The van der Waals surface area contributed by atoms with Crippen molar-refractivity contribution in [1.29, 1.82) is 0 Å². The summed E-state index contributed by atoms with van der Waals surface area (Å²) in [6.07, 6.45) is 5.46. The number of aromatic nitrogens is 2. The summed E-state index contributed by atoms with van der Waals surface area (Å²) in [4.78, 5) is 20.1. The third-order valence-corrected chi connectivity index (χ3v) is 4.58. The summed E-state index contributed by atoms with van der Waals surface area (Å²) in [6.45, 7) is 2.88. The van der Waals surface area contributed by atoms with E-state index in [1.54, 1.807) is 13.2 Å². The van der Waals surface area contributed by atoms with E-state index in [9.17, 15) is 4.79 Å². The minimum absolute atomic E-state index is 0.159. The van der Waals surface area contributed by atoms with Gasteiger partial charge < -0.3 is 10.6 Å². The Hall–Kier alpha value is -1.30. The number of nitrogens with zero attached hydrogens (tertiary/aromatic N) is 2. The van der Waals surface area contributed by atoms with Gasteiger partial charge in [-0.2, -0.15) is 11.8 Å². The van der Waals surface area contributed by atoms with Gasteiger partial charge in [0.15, 0.2) is 0 Å². The Morgan fingerprint density at radius 1 is 1.56 bits per heavy atom. The standard InChI is InChI=1S/C12H18N4OS/c1-12(4-3-5-18-12)8-15-11(17)9-6-14-7-10(13-2)16-9/h6-7H,3-5,8H2,1-2H3,(H,13,16)(H,15,17). The lowest BCUT2D eigenvalue weighted by Gasteiger charge is -2.22. The van der Waals surface area contributed by atoms with Gasteiger partial charge in [-0.25, -0.2) is 4.98 Å². The molecule has 5 nitrogen and oxygen atoms in total. The second-order valence-corrected chi connectivity index (χ2v) is 6.31. The molecule has 2 rings (SSSR count). The zero-order valence-electron chi connectivity index (χ0n) is 10.7. The first-order valence-corrected chi connectivity index (χ1v) is 7.03. The highest BCUT2D eigenvalue weighted by Gasteiger charge is 2.29. The van der Waals surface area contributed by atoms with Crippen LogP contribution in [-0.4, -0.2) is 40.0 Å². The van der Waals surface area contributed by atoms with Crippen LogP contribution in [0, 0.1) is 0 Å². The Morgan fingerprint density at radius 2 is 2.39 bits per heavy atom. The third kappa shape index (κ3) is 3.13. The van der Waals surface area contributed by atoms with E-state index in [0.717, 1.165) is 6.42 Å². The minimum Gasteiger partial charge on any atom is -0.372 e. The molecule has 1 fully saturated rings. The number of nitrogens with one attached hydrogen (secondary N) is 2. The topological polar surface area (TPSA) is 66.9 Å². The molecule has 6 heteroatoms. The SMILES string of the molecule is CNc1cncc(C(=O)NCC2(C)CCCS2)n1. The van der Waals surface area contributed by atoms with Gasteiger partial charge in [-0.05, 0) is 25.5 Å². The second kappa shape index (κ2) is 5.56. The van der Waals surface area contributed by atoms with Crippen molar-refractivity contribution in [3.63, 3.8) is 0 Å². The van der Waals surface area contributed by atoms with Crippen LogP contribution in [0.2, 0.25) is 0 Å². The predicted molar refractivity (Wildman–Crippen MR) is 74.0 cm³/mol. The van der Waals surface area contributed by atoms with Gasteiger partial charge in [-0.3, -0.25) is 9.78 Å². The number of hydrogen-bond donors (Lipinski definition) is 2. The molecular weight excluding hydrogens is 248 g/mol. The molecule has 1 aliphatic rings. The highest BCUT2D eigenvalue weighted by atomic mass is 32.2. The van der Waals surface area contributed by atoms with Gasteiger partial charge in [0.25, 0.3) is 5.91 Å². The number of amides is 1. The summed E-state index contributed by atoms with van der Waals surface area (Å²) in [6, 6.07) is 0. The second-order valence-electron chi connectivity index (χ2n) is 4.62. The van der Waals surface area contributed by atoms with Gasteiger partial charge >= 0.3 is 0 Å². The lowest BCUT2D eigenvalue weighted by atomic mass is 10.1. The van der Waals surface area contributed by atoms with Crippen LogP contribution in [0.5, 0.6) is 0 Å². The average molecular weight is 266 g/mol. The molecule has 2 N–H and O–H groups in total. The van der Waals surface area contributed by atoms with E-state index in [-0.39, 0.29) is 10.7 Å². The first-order valence-electron chi connectivity index (χ1n) is 6.05. The zero-order chi connectivity index (χ0) is 13.0. The van der Waals surface area contributed by atoms with Crippen molar-refractivity contribution in [1.82, 2.24) is 15.3 Å². The monoisotopic (exact) mass is 266 g/mol. The molecule has 0 aromatic carbocycles. The molecule has 98 valence electrons. The largest absolute Gasteiger partial charge is 0.372 e. The molecule has 1 atom stereocenters. The van der Waals surface area contributed by atoms with E-state index >= 15 is 0 Å². The maximum absolute atomic E-state index is 12.0. The van der Waals surface area contributed by atoms with E-state index in [0.29, 0.717) is 18.1 Å². The number of rotatable bonds is 4. The highest BCUT2D eigenvalue weighted by Crippen LogP contribution is 2.36. The Balaban J connectivity index is 1.94. The van der Waals surface area contributed by atoms with E-state index in [1.165, 1.54) is 18.4 Å². The van der Waals surface area contributed by atoms with Gasteiger partial charge in [-0.1, -0.05) is 0 Å². The highest BCUT2D eigenvalue weighted by molar-refractivity contribution is 8.00. The van der Waals surface area contributed by atoms with Gasteiger partial charge in [0.1, 0.15) is 11.5 Å². The molecule has 0 saturated carbocycles. The van der Waals surface area contributed by atoms with Crippen LogP contribution in [0.15, 0.2) is 12.4 Å². The van der Waals surface area contributed by atoms with Crippen LogP contribution >= 0.6 is 11.8 Å². The average Bonchev–Trinajstić information content (AvgIpc) is 2.83. The first kappa shape index (κ1) is 13.1. The van der Waals surface area contributed by atoms with Crippen molar-refractivity contribution in [2.75, 3.05) is 24.7 Å². The van der Waals surface area contributed by atoms with Crippen molar-refractivity contribution in [3.05, 3.63) is 18.1 Å². The number of carbonyl (C=O) groups excluding carboxylic acids is 1. The predicted octanol–water partition coefficient (Wildman–Crippen LogP) is 1.53. The molecule has 1 aliphatic heterocycles. The van der Waals surface area contributed by atoms with Crippen LogP contribution < -0.4 is 10.6 Å². The quantitative estimate of drug-likeness (QED) is 0.865. The molecule has 2 heterocycles. The zero-order valence-corrected chi connectivity index (χ0v) is 11.5. The van der Waals surface area contributed by atoms with E-state index in [4.69, 9.17) is 0 Å². The molecule has 1 aromatic rings. The molecule has 1 unspecified atom stereocenters. The molecule has 0 bridgehead atoms. The Labute approximate surface area is 111 Å². The molecule has 1 saturated heterocycles. The number of thioether (sulfide) groups is 1. The summed E-state index contributed by atoms with van der Waals surface area (Å²) in [5.41, 5.74) is 0.355. The van der Waals surface area contributed by atoms with E-state index < -0.39 is 0 Å². The Bertz CT molecular complexity index is 432. The number of carbonyl (C=O) groups is 1. The van der Waals surface area contributed by atoms with Gasteiger partial charge in [0, 0.05) is 18.3 Å². The summed E-state index contributed by atoms with van der Waals surface area (Å²) < 4.78 is 0.170. The van der Waals surface area contributed by atoms with Gasteiger partial charge in [0.2, 0.25) is 0 Å². The molecule has 0 spiro atoms. The van der Waals surface area contributed by atoms with E-state index in [2.05, 4.69) is 27.5 Å². The van der Waals surface area contributed by atoms with Gasteiger partial charge in [0.05, 0.1) is 12.4 Å². The van der Waals surface area contributed by atoms with Gasteiger partial charge in [-0.15, -0.1) is 0 Å². The van der Waals surface area contributed by atoms with Crippen LogP contribution in [0.1, 0.15) is 30.3 Å². The fourth-order valence-electron chi connectivity index (χ4n) is 1.93. The van der Waals surface area contributed by atoms with Crippen molar-refractivity contribution < 1.29 is 4.79 Å². The smallest absolute Gasteiger partial charge is 0.271 e. The summed E-state index contributed by atoms with van der Waals surface area (Å²) in [5.74, 6) is 1.62. The summed E-state index contributed by atoms with van der Waals surface area (Å²) >= 11 is 1.93. The summed E-state index contributed by atoms with van der Waals surface area (Å²) in [7, 11) is 1.75. The fourth-order valence-corrected chi connectivity index (χ4v) is 3.17. The van der Waals surface area contributed by atoms with E-state index in [1.807, 2.05) is 11.8 Å². The molecule has 1 aromatic heterocycles. The maximum Gasteiger partial charge on any atom is 0.271 e. The van der Waals surface area contributed by atoms with Crippen molar-refractivity contribution >= 4 is 23.5 Å². The van der Waals surface area contributed by atoms with Crippen LogP contribution in [0.3, 0.4) is 0 Å². The van der Waals surface area contributed by atoms with Crippen molar-refractivity contribution in [2.45, 2.75) is 24.5 Å². The summed E-state index contributed by atoms with van der Waals surface area (Å²) in [5, 5.41) is 5.81. The molecule has 1 amide bonds. The Morgan fingerprint density at radius 3 is 3.06 bits per heavy atom. The van der Waals surface area contributed by atoms with Crippen LogP contribution in [0.25, 0.3) is 0 Å². The van der Waals surface area contributed by atoms with Crippen molar-refractivity contribution in [3.8, 4) is 0 Å². The van der Waals surface area contributed by atoms with Crippen LogP contribution in [-0.2, 0) is 0 Å². The lowest BCUT2D eigenvalue weighted by molar-refractivity contribution is 0.0944. The first-order chi connectivity index (χ1) is 8.63. The molecule has 18 heavy (non-hydrogen) atoms. The van der Waals surface area contributed by atoms with Crippen LogP contribution in [0.4, 0.5) is 5.82 Å². The molecule has 0 radical (unpaired) electrons. The molecule has 0 aliphatic carbocycles. The number of hydrogen-bond acceptors (Lipinski definition) is 5. The normalized spacial score (nSPS) is 22.8. The minimum atomic E-state index is -0.159. The maximum atomic E-state index is 12.0. The fraction of sp³-hybridized carbons (Fsp3) is 0.583.